The molecule has 0 aliphatic rings. The Balaban J connectivity index is 1.75. The van der Waals surface area contributed by atoms with Crippen molar-refractivity contribution in [2.45, 2.75) is 0 Å². The summed E-state index contributed by atoms with van der Waals surface area (Å²) in [6.07, 6.45) is 1.60. The number of fused-ring (bicyclic) bond motifs is 1. The highest BCUT2D eigenvalue weighted by Crippen LogP contribution is 2.31. The zero-order valence-electron chi connectivity index (χ0n) is 17.7. The highest BCUT2D eigenvalue weighted by atomic mass is 16.5. The van der Waals surface area contributed by atoms with Crippen molar-refractivity contribution in [3.8, 4) is 0 Å². The molecule has 1 aromatic heterocycles. The number of para-hydroxylation sites is 1. The normalized spacial score (nSPS) is 10.8. The van der Waals surface area contributed by atoms with Crippen LogP contribution in [0.25, 0.3) is 10.9 Å². The molecule has 2 aromatic carbocycles. The van der Waals surface area contributed by atoms with E-state index in [-0.39, 0.29) is 5.91 Å². The Morgan fingerprint density at radius 3 is 2.52 bits per heavy atom. The number of pyridine rings is 1. The summed E-state index contributed by atoms with van der Waals surface area (Å²) in [5.41, 5.74) is 9.18. The molecule has 0 unspecified atom stereocenters. The molecule has 3 aromatic rings. The fourth-order valence-corrected chi connectivity index (χ4v) is 3.08. The quantitative estimate of drug-likeness (QED) is 0.332. The van der Waals surface area contributed by atoms with Crippen LogP contribution in [0.15, 0.2) is 54.7 Å². The summed E-state index contributed by atoms with van der Waals surface area (Å²) in [5.74, 6) is -0.198. The number of hydrogen-bond acceptors (Lipinski definition) is 7. The average molecular weight is 424 g/mol. The number of nitrogens with two attached hydrogens (primary N) is 1. The Kier molecular flexibility index (Phi) is 8.59. The highest BCUT2D eigenvalue weighted by Gasteiger charge is 2.15. The minimum atomic E-state index is -0.198. The van der Waals surface area contributed by atoms with Crippen LogP contribution in [0.4, 0.5) is 17.1 Å². The molecular weight excluding hydrogens is 394 g/mol. The van der Waals surface area contributed by atoms with Crippen molar-refractivity contribution < 1.29 is 14.3 Å². The topological polar surface area (TPSA) is 111 Å². The van der Waals surface area contributed by atoms with Crippen LogP contribution >= 0.6 is 0 Å². The molecule has 164 valence electrons. The van der Waals surface area contributed by atoms with Gasteiger partial charge in [-0.3, -0.25) is 9.78 Å². The van der Waals surface area contributed by atoms with Crippen molar-refractivity contribution in [1.29, 1.82) is 0 Å². The van der Waals surface area contributed by atoms with E-state index in [2.05, 4.69) is 20.9 Å². The fourth-order valence-electron chi connectivity index (χ4n) is 3.08. The number of nitrogens with one attached hydrogen (secondary N) is 3. The number of aromatic nitrogens is 1. The number of benzene rings is 2. The van der Waals surface area contributed by atoms with Crippen LogP contribution < -0.4 is 21.7 Å². The number of carbonyl (C=O) groups excluding carboxylic acids is 1. The SMILES string of the molecule is CNC(=O)c1cnc2ccc(NCCOCCOCCN)cc2c1Nc1ccccc1. The van der Waals surface area contributed by atoms with Crippen molar-refractivity contribution in [1.82, 2.24) is 10.3 Å². The minimum Gasteiger partial charge on any atom is -0.383 e. The Morgan fingerprint density at radius 1 is 1.00 bits per heavy atom. The summed E-state index contributed by atoms with van der Waals surface area (Å²) in [6, 6.07) is 15.6. The second kappa shape index (κ2) is 11.8. The molecule has 1 amide bonds. The van der Waals surface area contributed by atoms with Crippen LogP contribution in [-0.2, 0) is 9.47 Å². The van der Waals surface area contributed by atoms with Crippen molar-refractivity contribution in [3.63, 3.8) is 0 Å². The number of anilines is 3. The molecular formula is C23H29N5O3. The molecule has 0 fully saturated rings. The molecule has 5 N–H and O–H groups in total. The van der Waals surface area contributed by atoms with Crippen LogP contribution in [0.5, 0.6) is 0 Å². The molecule has 0 saturated carbocycles. The number of amides is 1. The third-order valence-corrected chi connectivity index (χ3v) is 4.59. The van der Waals surface area contributed by atoms with Gasteiger partial charge in [-0.25, -0.2) is 0 Å². The van der Waals surface area contributed by atoms with Crippen LogP contribution in [0.3, 0.4) is 0 Å². The number of ether oxygens (including phenoxy) is 2. The molecule has 0 aliphatic carbocycles. The molecule has 31 heavy (non-hydrogen) atoms. The first-order chi connectivity index (χ1) is 15.2. The zero-order valence-corrected chi connectivity index (χ0v) is 17.7. The van der Waals surface area contributed by atoms with E-state index in [1.54, 1.807) is 13.2 Å². The molecule has 8 nitrogen and oxygen atoms in total. The summed E-state index contributed by atoms with van der Waals surface area (Å²) in [7, 11) is 1.61. The second-order valence-corrected chi connectivity index (χ2v) is 6.79. The first-order valence-corrected chi connectivity index (χ1v) is 10.3. The van der Waals surface area contributed by atoms with Crippen LogP contribution in [-0.4, -0.2) is 57.5 Å². The van der Waals surface area contributed by atoms with Gasteiger partial charge in [-0.15, -0.1) is 0 Å². The van der Waals surface area contributed by atoms with Crippen LogP contribution in [0.1, 0.15) is 10.4 Å². The van der Waals surface area contributed by atoms with E-state index >= 15 is 0 Å². The predicted octanol–water partition coefficient (Wildman–Crippen LogP) is 2.74. The maximum atomic E-state index is 12.5. The summed E-state index contributed by atoms with van der Waals surface area (Å²) in [4.78, 5) is 16.9. The first-order valence-electron chi connectivity index (χ1n) is 10.3. The number of hydrogen-bond donors (Lipinski definition) is 4. The highest BCUT2D eigenvalue weighted by molar-refractivity contribution is 6.08. The summed E-state index contributed by atoms with van der Waals surface area (Å²) in [6.45, 7) is 3.33. The minimum absolute atomic E-state index is 0.198. The lowest BCUT2D eigenvalue weighted by Crippen LogP contribution is -2.19. The van der Waals surface area contributed by atoms with E-state index in [9.17, 15) is 4.79 Å². The number of rotatable bonds is 12. The molecule has 0 atom stereocenters. The standard InChI is InChI=1S/C23H29N5O3/c1-25-23(29)20-16-27-21-8-7-18(26-10-12-31-14-13-30-11-9-24)15-19(21)22(20)28-17-5-3-2-4-6-17/h2-8,15-16,26H,9-14,24H2,1H3,(H,25,29)(H,27,28). The van der Waals surface area contributed by atoms with Gasteiger partial charge in [0.2, 0.25) is 0 Å². The molecule has 3 rings (SSSR count). The molecule has 0 spiro atoms. The Morgan fingerprint density at radius 2 is 1.77 bits per heavy atom. The lowest BCUT2D eigenvalue weighted by molar-refractivity contribution is 0.0548. The summed E-state index contributed by atoms with van der Waals surface area (Å²) in [5, 5.41) is 10.3. The van der Waals surface area contributed by atoms with Gasteiger partial charge >= 0.3 is 0 Å². The lowest BCUT2D eigenvalue weighted by atomic mass is 10.1. The van der Waals surface area contributed by atoms with Gasteiger partial charge in [0.15, 0.2) is 0 Å². The van der Waals surface area contributed by atoms with E-state index in [1.807, 2.05) is 48.5 Å². The largest absolute Gasteiger partial charge is 0.383 e. The van der Waals surface area contributed by atoms with Gasteiger partial charge in [-0.1, -0.05) is 18.2 Å². The van der Waals surface area contributed by atoms with Crippen LogP contribution in [0, 0.1) is 0 Å². The van der Waals surface area contributed by atoms with Gasteiger partial charge in [0.1, 0.15) is 0 Å². The fraction of sp³-hybridized carbons (Fsp3) is 0.304. The van der Waals surface area contributed by atoms with E-state index in [0.29, 0.717) is 50.8 Å². The second-order valence-electron chi connectivity index (χ2n) is 6.79. The third-order valence-electron chi connectivity index (χ3n) is 4.59. The van der Waals surface area contributed by atoms with Crippen molar-refractivity contribution in [2.24, 2.45) is 5.73 Å². The molecule has 0 radical (unpaired) electrons. The summed E-state index contributed by atoms with van der Waals surface area (Å²) >= 11 is 0. The molecule has 0 bridgehead atoms. The van der Waals surface area contributed by atoms with E-state index in [1.165, 1.54) is 0 Å². The third kappa shape index (κ3) is 6.39. The Labute approximate surface area is 182 Å². The smallest absolute Gasteiger partial charge is 0.254 e. The van der Waals surface area contributed by atoms with Gasteiger partial charge in [-0.05, 0) is 30.3 Å². The van der Waals surface area contributed by atoms with Gasteiger partial charge < -0.3 is 31.2 Å². The maximum Gasteiger partial charge on any atom is 0.254 e. The monoisotopic (exact) mass is 423 g/mol. The van der Waals surface area contributed by atoms with Crippen molar-refractivity contribution in [3.05, 3.63) is 60.3 Å². The van der Waals surface area contributed by atoms with E-state index < -0.39 is 0 Å². The summed E-state index contributed by atoms with van der Waals surface area (Å²) < 4.78 is 10.8. The predicted molar refractivity (Wildman–Crippen MR) is 124 cm³/mol. The molecule has 0 saturated heterocycles. The van der Waals surface area contributed by atoms with E-state index in [0.717, 1.165) is 22.3 Å². The van der Waals surface area contributed by atoms with Gasteiger partial charge in [0, 0.05) is 43.1 Å². The number of carbonyl (C=O) groups is 1. The van der Waals surface area contributed by atoms with Crippen molar-refractivity contribution in [2.75, 3.05) is 57.2 Å². The zero-order chi connectivity index (χ0) is 21.9. The molecule has 1 heterocycles. The van der Waals surface area contributed by atoms with Crippen molar-refractivity contribution >= 4 is 33.9 Å². The van der Waals surface area contributed by atoms with Crippen LogP contribution in [0.2, 0.25) is 0 Å². The van der Waals surface area contributed by atoms with Gasteiger partial charge in [0.05, 0.1) is 43.2 Å². The molecule has 0 aliphatic heterocycles. The number of nitrogens with zero attached hydrogens (tertiary/aromatic N) is 1. The maximum absolute atomic E-state index is 12.5. The molecule has 8 heteroatoms. The Hall–Kier alpha value is -3.20. The van der Waals surface area contributed by atoms with Gasteiger partial charge in [0.25, 0.3) is 5.91 Å². The Bertz CT molecular complexity index is 982. The lowest BCUT2D eigenvalue weighted by Gasteiger charge is -2.15. The first kappa shape index (κ1) is 22.5. The average Bonchev–Trinajstić information content (AvgIpc) is 2.81. The van der Waals surface area contributed by atoms with E-state index in [4.69, 9.17) is 15.2 Å². The van der Waals surface area contributed by atoms with Gasteiger partial charge in [-0.2, -0.15) is 0 Å².